The van der Waals surface area contributed by atoms with E-state index in [9.17, 15) is 8.78 Å². The van der Waals surface area contributed by atoms with E-state index in [0.29, 0.717) is 12.0 Å². The molecule has 1 aromatic rings. The van der Waals surface area contributed by atoms with E-state index < -0.39 is 11.6 Å². The quantitative estimate of drug-likeness (QED) is 0.460. The summed E-state index contributed by atoms with van der Waals surface area (Å²) in [5.41, 5.74) is 10.3. The molecule has 86 valence electrons. The summed E-state index contributed by atoms with van der Waals surface area (Å²) >= 11 is 0. The molecule has 0 aliphatic rings. The summed E-state index contributed by atoms with van der Waals surface area (Å²) in [6.45, 7) is 1.74. The number of hydrogen-bond donors (Lipinski definition) is 2. The lowest BCUT2D eigenvalue weighted by Crippen LogP contribution is -2.21. The Hall–Kier alpha value is -1.98. The maximum Gasteiger partial charge on any atom is 0.211 e. The van der Waals surface area contributed by atoms with E-state index in [1.54, 1.807) is 6.92 Å². The van der Waals surface area contributed by atoms with Crippen LogP contribution in [0, 0.1) is 11.6 Å². The molecular formula is C10H12F2N4. The second-order valence-electron chi connectivity index (χ2n) is 3.06. The molecule has 0 spiro atoms. The van der Waals surface area contributed by atoms with Crippen molar-refractivity contribution in [2.45, 2.75) is 13.3 Å². The van der Waals surface area contributed by atoms with E-state index in [2.05, 4.69) is 10.2 Å². The molecule has 0 radical (unpaired) electrons. The Morgan fingerprint density at radius 2 is 2.00 bits per heavy atom. The second-order valence-corrected chi connectivity index (χ2v) is 3.06. The van der Waals surface area contributed by atoms with Gasteiger partial charge in [0.25, 0.3) is 0 Å². The van der Waals surface area contributed by atoms with E-state index in [-0.39, 0.29) is 11.5 Å². The van der Waals surface area contributed by atoms with Crippen molar-refractivity contribution in [2.75, 3.05) is 0 Å². The predicted molar refractivity (Wildman–Crippen MR) is 59.1 cm³/mol. The van der Waals surface area contributed by atoms with Crippen molar-refractivity contribution in [2.24, 2.45) is 21.7 Å². The van der Waals surface area contributed by atoms with Gasteiger partial charge in [0.05, 0.1) is 6.21 Å². The zero-order chi connectivity index (χ0) is 12.1. The van der Waals surface area contributed by atoms with E-state index >= 15 is 0 Å². The topological polar surface area (TPSA) is 76.8 Å². The SMILES string of the molecule is CCc1ccc(C=NN=C(N)N)c(F)c1F. The zero-order valence-electron chi connectivity index (χ0n) is 8.74. The van der Waals surface area contributed by atoms with Crippen LogP contribution in [-0.4, -0.2) is 12.2 Å². The number of nitrogens with zero attached hydrogens (tertiary/aromatic N) is 2. The van der Waals surface area contributed by atoms with Gasteiger partial charge < -0.3 is 11.5 Å². The molecule has 0 unspecified atom stereocenters. The Morgan fingerprint density at radius 1 is 1.31 bits per heavy atom. The van der Waals surface area contributed by atoms with Crippen molar-refractivity contribution in [3.63, 3.8) is 0 Å². The van der Waals surface area contributed by atoms with Gasteiger partial charge >= 0.3 is 0 Å². The van der Waals surface area contributed by atoms with Gasteiger partial charge in [-0.2, -0.15) is 5.10 Å². The first-order chi connectivity index (χ1) is 7.56. The fourth-order valence-electron chi connectivity index (χ4n) is 1.13. The molecule has 16 heavy (non-hydrogen) atoms. The van der Waals surface area contributed by atoms with Crippen molar-refractivity contribution >= 4 is 12.2 Å². The van der Waals surface area contributed by atoms with Gasteiger partial charge in [0.15, 0.2) is 11.6 Å². The van der Waals surface area contributed by atoms with Gasteiger partial charge in [-0.15, -0.1) is 5.10 Å². The van der Waals surface area contributed by atoms with Crippen LogP contribution in [0.5, 0.6) is 0 Å². The van der Waals surface area contributed by atoms with Crippen LogP contribution in [0.2, 0.25) is 0 Å². The van der Waals surface area contributed by atoms with Gasteiger partial charge in [-0.1, -0.05) is 13.0 Å². The number of aryl methyl sites for hydroxylation is 1. The number of halogens is 2. The molecule has 0 fully saturated rings. The molecule has 0 aliphatic heterocycles. The summed E-state index contributed by atoms with van der Waals surface area (Å²) in [5, 5.41) is 6.69. The molecule has 0 saturated heterocycles. The molecule has 0 amide bonds. The van der Waals surface area contributed by atoms with Gasteiger partial charge in [0.1, 0.15) is 0 Å². The summed E-state index contributed by atoms with van der Waals surface area (Å²) < 4.78 is 26.7. The van der Waals surface area contributed by atoms with Crippen molar-refractivity contribution < 1.29 is 8.78 Å². The summed E-state index contributed by atoms with van der Waals surface area (Å²) in [4.78, 5) is 0. The molecule has 6 heteroatoms. The minimum Gasteiger partial charge on any atom is -0.369 e. The van der Waals surface area contributed by atoms with Gasteiger partial charge in [0.2, 0.25) is 5.96 Å². The Morgan fingerprint density at radius 3 is 2.56 bits per heavy atom. The predicted octanol–water partition coefficient (Wildman–Crippen LogP) is 1.13. The smallest absolute Gasteiger partial charge is 0.211 e. The number of benzene rings is 1. The molecule has 0 saturated carbocycles. The Kier molecular flexibility index (Phi) is 3.93. The molecule has 4 N–H and O–H groups in total. The number of guanidine groups is 1. The molecule has 0 heterocycles. The Balaban J connectivity index is 3.04. The summed E-state index contributed by atoms with van der Waals surface area (Å²) in [6.07, 6.45) is 1.48. The molecular weight excluding hydrogens is 214 g/mol. The third-order valence-electron chi connectivity index (χ3n) is 1.94. The Labute approximate surface area is 91.7 Å². The Bertz CT molecular complexity index is 437. The maximum absolute atomic E-state index is 13.4. The summed E-state index contributed by atoms with van der Waals surface area (Å²) in [7, 11) is 0. The molecule has 0 aliphatic carbocycles. The molecule has 4 nitrogen and oxygen atoms in total. The van der Waals surface area contributed by atoms with Crippen molar-refractivity contribution in [3.05, 3.63) is 34.9 Å². The highest BCUT2D eigenvalue weighted by Gasteiger charge is 2.10. The average Bonchev–Trinajstić information content (AvgIpc) is 2.24. The first-order valence-corrected chi connectivity index (χ1v) is 4.65. The molecule has 1 rings (SSSR count). The van der Waals surface area contributed by atoms with Gasteiger partial charge in [-0.05, 0) is 18.1 Å². The van der Waals surface area contributed by atoms with Crippen LogP contribution in [0.15, 0.2) is 22.3 Å². The van der Waals surface area contributed by atoms with Crippen LogP contribution in [0.4, 0.5) is 8.78 Å². The van der Waals surface area contributed by atoms with Crippen molar-refractivity contribution in [1.82, 2.24) is 0 Å². The van der Waals surface area contributed by atoms with Crippen LogP contribution < -0.4 is 11.5 Å². The highest BCUT2D eigenvalue weighted by atomic mass is 19.2. The van der Waals surface area contributed by atoms with Gasteiger partial charge in [-0.25, -0.2) is 8.78 Å². The van der Waals surface area contributed by atoms with Crippen LogP contribution in [0.3, 0.4) is 0 Å². The maximum atomic E-state index is 13.4. The van der Waals surface area contributed by atoms with Gasteiger partial charge in [-0.3, -0.25) is 0 Å². The number of rotatable bonds is 3. The van der Waals surface area contributed by atoms with Crippen LogP contribution in [0.1, 0.15) is 18.1 Å². The second kappa shape index (κ2) is 5.20. The van der Waals surface area contributed by atoms with Crippen LogP contribution >= 0.6 is 0 Å². The summed E-state index contributed by atoms with van der Waals surface area (Å²) in [6, 6.07) is 2.91. The lowest BCUT2D eigenvalue weighted by molar-refractivity contribution is 0.499. The standard InChI is InChI=1S/C10H12F2N4/c1-2-6-3-4-7(9(12)8(6)11)5-15-16-10(13)14/h3-5H,2H2,1H3,(H4,13,14,16). The normalized spacial score (nSPS) is 10.7. The van der Waals surface area contributed by atoms with E-state index in [1.165, 1.54) is 12.1 Å². The lowest BCUT2D eigenvalue weighted by atomic mass is 10.1. The third kappa shape index (κ3) is 2.75. The number of nitrogens with two attached hydrogens (primary N) is 2. The van der Waals surface area contributed by atoms with Gasteiger partial charge in [0, 0.05) is 5.56 Å². The highest BCUT2D eigenvalue weighted by Crippen LogP contribution is 2.15. The minimum absolute atomic E-state index is 0.000278. The van der Waals surface area contributed by atoms with Crippen LogP contribution in [0.25, 0.3) is 0 Å². The van der Waals surface area contributed by atoms with Crippen LogP contribution in [-0.2, 0) is 6.42 Å². The fraction of sp³-hybridized carbons (Fsp3) is 0.200. The zero-order valence-corrected chi connectivity index (χ0v) is 8.74. The summed E-state index contributed by atoms with van der Waals surface area (Å²) in [5.74, 6) is -2.06. The van der Waals surface area contributed by atoms with E-state index in [4.69, 9.17) is 11.5 Å². The molecule has 1 aromatic carbocycles. The first-order valence-electron chi connectivity index (χ1n) is 4.65. The minimum atomic E-state index is -0.950. The lowest BCUT2D eigenvalue weighted by Gasteiger charge is -2.02. The number of hydrogen-bond acceptors (Lipinski definition) is 2. The largest absolute Gasteiger partial charge is 0.369 e. The van der Waals surface area contributed by atoms with E-state index in [1.807, 2.05) is 0 Å². The average molecular weight is 226 g/mol. The highest BCUT2D eigenvalue weighted by molar-refractivity contribution is 5.81. The monoisotopic (exact) mass is 226 g/mol. The van der Waals surface area contributed by atoms with Crippen molar-refractivity contribution in [1.29, 1.82) is 0 Å². The third-order valence-corrected chi connectivity index (χ3v) is 1.94. The first kappa shape index (κ1) is 12.1. The molecule has 0 atom stereocenters. The molecule has 0 bridgehead atoms. The molecule has 0 aromatic heterocycles. The fourth-order valence-corrected chi connectivity index (χ4v) is 1.13. The van der Waals surface area contributed by atoms with E-state index in [0.717, 1.165) is 6.21 Å². The van der Waals surface area contributed by atoms with Crippen molar-refractivity contribution in [3.8, 4) is 0 Å².